The van der Waals surface area contributed by atoms with Crippen molar-refractivity contribution >= 4 is 28.3 Å². The minimum Gasteiger partial charge on any atom is -0.258 e. The van der Waals surface area contributed by atoms with E-state index >= 15 is 0 Å². The lowest BCUT2D eigenvalue weighted by molar-refractivity contribution is -0.390. The van der Waals surface area contributed by atoms with Crippen LogP contribution in [0.4, 0.5) is 18.9 Å². The van der Waals surface area contributed by atoms with Crippen LogP contribution < -0.4 is 0 Å². The maximum absolute atomic E-state index is 12.7. The Kier molecular flexibility index (Phi) is 2.74. The van der Waals surface area contributed by atoms with Crippen molar-refractivity contribution in [2.75, 3.05) is 0 Å². The van der Waals surface area contributed by atoms with Gasteiger partial charge in [-0.15, -0.1) is 0 Å². The van der Waals surface area contributed by atoms with Crippen LogP contribution in [0.15, 0.2) is 6.07 Å². The number of rotatable bonds is 1. The molecule has 0 atom stereocenters. The van der Waals surface area contributed by atoms with Gasteiger partial charge in [-0.2, -0.15) is 8.78 Å². The van der Waals surface area contributed by atoms with Crippen LogP contribution >= 0.6 is 22.6 Å². The number of halogens is 4. The molecular formula is C6HF3INO2. The summed E-state index contributed by atoms with van der Waals surface area (Å²) in [5.41, 5.74) is -1.46. The molecule has 0 amide bonds. The molecular weight excluding hydrogens is 302 g/mol. The summed E-state index contributed by atoms with van der Waals surface area (Å²) < 4.78 is 37.7. The Balaban J connectivity index is 3.53. The molecule has 0 N–H and O–H groups in total. The zero-order valence-electron chi connectivity index (χ0n) is 5.85. The van der Waals surface area contributed by atoms with Gasteiger partial charge < -0.3 is 0 Å². The first-order chi connectivity index (χ1) is 5.95. The van der Waals surface area contributed by atoms with Crippen LogP contribution in [0, 0.1) is 31.1 Å². The molecule has 0 spiro atoms. The van der Waals surface area contributed by atoms with E-state index in [2.05, 4.69) is 0 Å². The molecule has 0 aliphatic heterocycles. The van der Waals surface area contributed by atoms with E-state index in [0.717, 1.165) is 0 Å². The minimum absolute atomic E-state index is 0.335. The van der Waals surface area contributed by atoms with Crippen LogP contribution in [0.5, 0.6) is 0 Å². The second kappa shape index (κ2) is 3.48. The van der Waals surface area contributed by atoms with Crippen LogP contribution in [0.2, 0.25) is 0 Å². The Hall–Kier alpha value is -0.860. The highest BCUT2D eigenvalue weighted by molar-refractivity contribution is 14.1. The first-order valence-electron chi connectivity index (χ1n) is 2.92. The van der Waals surface area contributed by atoms with Gasteiger partial charge in [-0.25, -0.2) is 4.39 Å². The van der Waals surface area contributed by atoms with Crippen molar-refractivity contribution in [3.05, 3.63) is 37.2 Å². The van der Waals surface area contributed by atoms with Gasteiger partial charge in [0.25, 0.3) is 0 Å². The number of hydrogen-bond acceptors (Lipinski definition) is 2. The number of nitrogens with zero attached hydrogens (tertiary/aromatic N) is 1. The van der Waals surface area contributed by atoms with Crippen LogP contribution in [-0.2, 0) is 0 Å². The van der Waals surface area contributed by atoms with Crippen molar-refractivity contribution in [1.82, 2.24) is 0 Å². The molecule has 7 heteroatoms. The molecule has 3 nitrogen and oxygen atoms in total. The average molecular weight is 303 g/mol. The summed E-state index contributed by atoms with van der Waals surface area (Å²) in [6.45, 7) is 0. The van der Waals surface area contributed by atoms with Gasteiger partial charge in [0.05, 0.1) is 8.49 Å². The fourth-order valence-electron chi connectivity index (χ4n) is 0.724. The normalized spacial score (nSPS) is 10.2. The second-order valence-corrected chi connectivity index (χ2v) is 3.24. The highest BCUT2D eigenvalue weighted by atomic mass is 127. The molecule has 0 saturated heterocycles. The Morgan fingerprint density at radius 2 is 1.85 bits per heavy atom. The predicted molar refractivity (Wildman–Crippen MR) is 45.7 cm³/mol. The Morgan fingerprint density at radius 3 is 2.31 bits per heavy atom. The van der Waals surface area contributed by atoms with E-state index in [-0.39, 0.29) is 3.57 Å². The zero-order valence-corrected chi connectivity index (χ0v) is 8.01. The molecule has 0 saturated carbocycles. The maximum Gasteiger partial charge on any atom is 0.343 e. The summed E-state index contributed by atoms with van der Waals surface area (Å²) in [6.07, 6.45) is 0. The van der Waals surface area contributed by atoms with E-state index in [1.807, 2.05) is 0 Å². The molecule has 70 valence electrons. The average Bonchev–Trinajstić information content (AvgIpc) is 1.99. The third-order valence-corrected chi connectivity index (χ3v) is 2.06. The van der Waals surface area contributed by atoms with Gasteiger partial charge in [0.15, 0.2) is 5.82 Å². The summed E-state index contributed by atoms with van der Waals surface area (Å²) in [6, 6.07) is 0.567. The van der Waals surface area contributed by atoms with Crippen molar-refractivity contribution in [2.45, 2.75) is 0 Å². The van der Waals surface area contributed by atoms with Crippen molar-refractivity contribution in [3.8, 4) is 0 Å². The molecule has 0 aromatic heterocycles. The SMILES string of the molecule is O=[N+]([O-])c1c(F)cc(I)c(F)c1F. The van der Waals surface area contributed by atoms with Gasteiger partial charge in [-0.05, 0) is 28.7 Å². The van der Waals surface area contributed by atoms with Crippen molar-refractivity contribution < 1.29 is 18.1 Å². The summed E-state index contributed by atoms with van der Waals surface area (Å²) in [7, 11) is 0. The molecule has 0 bridgehead atoms. The Labute approximate surface area is 83.8 Å². The summed E-state index contributed by atoms with van der Waals surface area (Å²) >= 11 is 1.34. The van der Waals surface area contributed by atoms with Gasteiger partial charge in [-0.3, -0.25) is 10.1 Å². The third-order valence-electron chi connectivity index (χ3n) is 1.27. The maximum atomic E-state index is 12.7. The van der Waals surface area contributed by atoms with E-state index in [0.29, 0.717) is 6.07 Å². The quantitative estimate of drug-likeness (QED) is 0.263. The molecule has 0 aliphatic carbocycles. The van der Waals surface area contributed by atoms with E-state index in [1.54, 1.807) is 0 Å². The highest BCUT2D eigenvalue weighted by Crippen LogP contribution is 2.26. The largest absolute Gasteiger partial charge is 0.343 e. The number of hydrogen-bond donors (Lipinski definition) is 0. The Morgan fingerprint density at radius 1 is 1.31 bits per heavy atom. The fourth-order valence-corrected chi connectivity index (χ4v) is 1.23. The Bertz CT molecular complexity index is 383. The number of nitro benzene ring substituents is 1. The monoisotopic (exact) mass is 303 g/mol. The van der Waals surface area contributed by atoms with Crippen LogP contribution in [0.1, 0.15) is 0 Å². The van der Waals surface area contributed by atoms with Gasteiger partial charge in [-0.1, -0.05) is 0 Å². The molecule has 1 aromatic rings. The van der Waals surface area contributed by atoms with Crippen LogP contribution in [0.3, 0.4) is 0 Å². The lowest BCUT2D eigenvalue weighted by Crippen LogP contribution is -2.01. The summed E-state index contributed by atoms with van der Waals surface area (Å²) in [5.74, 6) is -4.56. The molecule has 1 rings (SSSR count). The molecule has 0 aliphatic rings. The topological polar surface area (TPSA) is 43.1 Å². The summed E-state index contributed by atoms with van der Waals surface area (Å²) in [5, 5.41) is 10.1. The molecule has 0 radical (unpaired) electrons. The first-order valence-corrected chi connectivity index (χ1v) is 4.00. The van der Waals surface area contributed by atoms with Gasteiger partial charge in [0.1, 0.15) is 0 Å². The first kappa shape index (κ1) is 10.2. The van der Waals surface area contributed by atoms with Crippen LogP contribution in [0.25, 0.3) is 0 Å². The predicted octanol–water partition coefficient (Wildman–Crippen LogP) is 2.62. The molecule has 0 unspecified atom stereocenters. The van der Waals surface area contributed by atoms with E-state index in [4.69, 9.17) is 0 Å². The van der Waals surface area contributed by atoms with Crippen molar-refractivity contribution in [2.24, 2.45) is 0 Å². The smallest absolute Gasteiger partial charge is 0.258 e. The number of benzene rings is 1. The van der Waals surface area contributed by atoms with Gasteiger partial charge in [0.2, 0.25) is 11.6 Å². The van der Waals surface area contributed by atoms with Crippen molar-refractivity contribution in [1.29, 1.82) is 0 Å². The lowest BCUT2D eigenvalue weighted by atomic mass is 10.3. The minimum atomic E-state index is -1.77. The molecule has 0 fully saturated rings. The number of nitro groups is 1. The van der Waals surface area contributed by atoms with Crippen LogP contribution in [-0.4, -0.2) is 4.92 Å². The second-order valence-electron chi connectivity index (χ2n) is 2.07. The lowest BCUT2D eigenvalue weighted by Gasteiger charge is -1.98. The molecule has 1 aromatic carbocycles. The third kappa shape index (κ3) is 1.74. The van der Waals surface area contributed by atoms with E-state index in [9.17, 15) is 23.3 Å². The highest BCUT2D eigenvalue weighted by Gasteiger charge is 2.26. The summed E-state index contributed by atoms with van der Waals surface area (Å²) in [4.78, 5) is 8.76. The fraction of sp³-hybridized carbons (Fsp3) is 0. The van der Waals surface area contributed by atoms with Gasteiger partial charge in [0, 0.05) is 0 Å². The van der Waals surface area contributed by atoms with E-state index < -0.39 is 28.1 Å². The van der Waals surface area contributed by atoms with Crippen molar-refractivity contribution in [3.63, 3.8) is 0 Å². The zero-order chi connectivity index (χ0) is 10.2. The standard InChI is InChI=1S/C6HF3INO2/c7-2-1-3(10)4(8)5(9)6(2)11(12)13/h1H. The van der Waals surface area contributed by atoms with Gasteiger partial charge >= 0.3 is 5.69 Å². The molecule has 13 heavy (non-hydrogen) atoms. The molecule has 0 heterocycles. The van der Waals surface area contributed by atoms with E-state index in [1.165, 1.54) is 22.6 Å².